The molecule has 0 aromatic heterocycles. The van der Waals surface area contributed by atoms with Crippen molar-refractivity contribution in [3.8, 4) is 0 Å². The topological polar surface area (TPSA) is 115 Å². The first kappa shape index (κ1) is 19.6. The summed E-state index contributed by atoms with van der Waals surface area (Å²) in [4.78, 5) is 24.0. The largest absolute Gasteiger partial charge is 0.515 e. The molecule has 0 heterocycles. The lowest BCUT2D eigenvalue weighted by Gasteiger charge is -2.63. The zero-order valence-corrected chi connectivity index (χ0v) is 16.1. The first-order chi connectivity index (χ1) is 13.0. The van der Waals surface area contributed by atoms with Crippen molar-refractivity contribution < 1.29 is 34.4 Å². The highest BCUT2D eigenvalue weighted by Gasteiger charge is 2.74. The maximum atomic E-state index is 16.9. The Labute approximate surface area is 162 Å². The van der Waals surface area contributed by atoms with Gasteiger partial charge in [0, 0.05) is 22.3 Å². The van der Waals surface area contributed by atoms with Crippen LogP contribution in [0, 0.1) is 22.7 Å². The number of hydrogen-bond acceptors (Lipinski definition) is 5. The summed E-state index contributed by atoms with van der Waals surface area (Å²) in [5.41, 5.74) is -5.61. The predicted molar refractivity (Wildman–Crippen MR) is 97.1 cm³/mol. The van der Waals surface area contributed by atoms with Crippen LogP contribution in [-0.4, -0.2) is 49.6 Å². The van der Waals surface area contributed by atoms with Crippen LogP contribution in [0.15, 0.2) is 23.5 Å². The fraction of sp³-hybridized carbons (Fsp3) is 0.714. The molecule has 0 saturated heterocycles. The molecule has 0 unspecified atom stereocenters. The second kappa shape index (κ2) is 5.66. The maximum Gasteiger partial charge on any atom is 0.336 e. The quantitative estimate of drug-likeness (QED) is 0.401. The summed E-state index contributed by atoms with van der Waals surface area (Å²) in [6.07, 6.45) is 1.70. The molecule has 0 aliphatic heterocycles. The van der Waals surface area contributed by atoms with Gasteiger partial charge < -0.3 is 20.4 Å². The van der Waals surface area contributed by atoms with Crippen molar-refractivity contribution in [2.24, 2.45) is 22.7 Å². The van der Waals surface area contributed by atoms with E-state index in [1.807, 2.05) is 0 Å². The van der Waals surface area contributed by atoms with Gasteiger partial charge in [-0.2, -0.15) is 0 Å². The van der Waals surface area contributed by atoms with Crippen LogP contribution in [-0.2, 0) is 9.59 Å². The number of carboxylic acids is 1. The van der Waals surface area contributed by atoms with Crippen LogP contribution in [0.3, 0.4) is 0 Å². The number of rotatable bonds is 1. The molecule has 0 radical (unpaired) electrons. The highest BCUT2D eigenvalue weighted by molar-refractivity contribution is 6.05. The number of allylic oxidation sites excluding steroid dienone is 2. The van der Waals surface area contributed by atoms with Crippen LogP contribution in [0.1, 0.15) is 52.4 Å². The van der Waals surface area contributed by atoms with Gasteiger partial charge in [-0.25, -0.2) is 9.18 Å². The Hall–Kier alpha value is -1.73. The molecule has 4 aliphatic rings. The predicted octanol–water partition coefficient (Wildman–Crippen LogP) is 2.45. The van der Waals surface area contributed by atoms with Crippen LogP contribution < -0.4 is 0 Å². The lowest BCUT2D eigenvalue weighted by Crippen LogP contribution is -2.69. The average molecular weight is 394 g/mol. The fourth-order valence-electron chi connectivity index (χ4n) is 7.01. The molecule has 0 bridgehead atoms. The van der Waals surface area contributed by atoms with Gasteiger partial charge in [-0.15, -0.1) is 0 Å². The monoisotopic (exact) mass is 394 g/mol. The van der Waals surface area contributed by atoms with Gasteiger partial charge in [-0.05, 0) is 50.5 Å². The third-order valence-corrected chi connectivity index (χ3v) is 8.66. The Morgan fingerprint density at radius 3 is 2.57 bits per heavy atom. The van der Waals surface area contributed by atoms with Crippen molar-refractivity contribution >= 4 is 11.8 Å². The van der Waals surface area contributed by atoms with Crippen LogP contribution in [0.4, 0.5) is 4.39 Å². The van der Waals surface area contributed by atoms with Gasteiger partial charge >= 0.3 is 5.97 Å². The molecule has 3 fully saturated rings. The number of carbonyl (C=O) groups excluding carboxylic acids is 1. The van der Waals surface area contributed by atoms with E-state index in [9.17, 15) is 30.0 Å². The summed E-state index contributed by atoms with van der Waals surface area (Å²) in [7, 11) is 0. The minimum Gasteiger partial charge on any atom is -0.515 e. The maximum absolute atomic E-state index is 16.9. The molecular formula is C21H27FO6. The van der Waals surface area contributed by atoms with Gasteiger partial charge in [0.05, 0.1) is 12.4 Å². The van der Waals surface area contributed by atoms with E-state index < -0.39 is 40.1 Å². The van der Waals surface area contributed by atoms with Crippen molar-refractivity contribution in [2.75, 3.05) is 0 Å². The second-order valence-corrected chi connectivity index (χ2v) is 9.56. The summed E-state index contributed by atoms with van der Waals surface area (Å²) in [5.74, 6) is -2.69. The Morgan fingerprint density at radius 2 is 1.96 bits per heavy atom. The number of ketones is 1. The van der Waals surface area contributed by atoms with Crippen LogP contribution in [0.2, 0.25) is 0 Å². The van der Waals surface area contributed by atoms with Crippen molar-refractivity contribution in [3.05, 3.63) is 23.5 Å². The number of hydrogen-bond donors (Lipinski definition) is 4. The SMILES string of the molecule is C[C@]12C/C(=C/O)C(=O)C=C1CC[C@H]1[C@@H]3CC[C@](O)(C(=O)O)[C@@]3(C)C[C@H](O)[C@@]12F. The first-order valence-electron chi connectivity index (χ1n) is 9.87. The minimum absolute atomic E-state index is 0.00907. The van der Waals surface area contributed by atoms with E-state index in [4.69, 9.17) is 0 Å². The third-order valence-electron chi connectivity index (χ3n) is 8.66. The van der Waals surface area contributed by atoms with Gasteiger partial charge in [0.15, 0.2) is 11.4 Å². The Balaban J connectivity index is 1.84. The van der Waals surface area contributed by atoms with Crippen molar-refractivity contribution in [2.45, 2.75) is 69.7 Å². The molecule has 154 valence electrons. The number of carboxylic acid groups (broad SMARTS) is 1. The normalized spacial score (nSPS) is 51.9. The van der Waals surface area contributed by atoms with Gasteiger partial charge in [0.1, 0.15) is 5.67 Å². The second-order valence-electron chi connectivity index (χ2n) is 9.56. The molecule has 0 aromatic rings. The number of aliphatic carboxylic acids is 1. The highest BCUT2D eigenvalue weighted by Crippen LogP contribution is 2.70. The molecule has 0 amide bonds. The van der Waals surface area contributed by atoms with Gasteiger partial charge in [-0.1, -0.05) is 19.4 Å². The summed E-state index contributed by atoms with van der Waals surface area (Å²) < 4.78 is 16.9. The van der Waals surface area contributed by atoms with Crippen LogP contribution in [0.25, 0.3) is 0 Å². The number of aliphatic hydroxyl groups excluding tert-OH is 2. The van der Waals surface area contributed by atoms with E-state index in [1.165, 1.54) is 6.08 Å². The van der Waals surface area contributed by atoms with Gasteiger partial charge in [0.2, 0.25) is 0 Å². The molecule has 0 aromatic carbocycles. The molecule has 7 atom stereocenters. The molecule has 28 heavy (non-hydrogen) atoms. The zero-order valence-electron chi connectivity index (χ0n) is 16.1. The number of aliphatic hydroxyl groups is 3. The summed E-state index contributed by atoms with van der Waals surface area (Å²) in [5, 5.41) is 41.0. The molecule has 6 nitrogen and oxygen atoms in total. The van der Waals surface area contributed by atoms with E-state index >= 15 is 4.39 Å². The first-order valence-corrected chi connectivity index (χ1v) is 9.87. The molecule has 7 heteroatoms. The van der Waals surface area contributed by atoms with Crippen molar-refractivity contribution in [1.82, 2.24) is 0 Å². The van der Waals surface area contributed by atoms with Crippen LogP contribution >= 0.6 is 0 Å². The van der Waals surface area contributed by atoms with Crippen molar-refractivity contribution in [3.63, 3.8) is 0 Å². The van der Waals surface area contributed by atoms with E-state index in [1.54, 1.807) is 13.8 Å². The summed E-state index contributed by atoms with van der Waals surface area (Å²) in [6, 6.07) is 0. The molecule has 0 spiro atoms. The zero-order chi connectivity index (χ0) is 20.7. The van der Waals surface area contributed by atoms with Gasteiger partial charge in [0.25, 0.3) is 0 Å². The minimum atomic E-state index is -2.07. The van der Waals surface area contributed by atoms with E-state index in [0.717, 1.165) is 0 Å². The van der Waals surface area contributed by atoms with E-state index in [2.05, 4.69) is 0 Å². The van der Waals surface area contributed by atoms with E-state index in [0.29, 0.717) is 31.1 Å². The lowest BCUT2D eigenvalue weighted by molar-refractivity contribution is -0.229. The fourth-order valence-corrected chi connectivity index (χ4v) is 7.01. The Morgan fingerprint density at radius 1 is 1.29 bits per heavy atom. The molecule has 4 N–H and O–H groups in total. The Bertz CT molecular complexity index is 820. The van der Waals surface area contributed by atoms with Crippen LogP contribution in [0.5, 0.6) is 0 Å². The molecule has 4 rings (SSSR count). The molecular weight excluding hydrogens is 367 g/mol. The summed E-state index contributed by atoms with van der Waals surface area (Å²) >= 11 is 0. The number of alkyl halides is 1. The number of carbonyl (C=O) groups is 2. The third kappa shape index (κ3) is 1.99. The van der Waals surface area contributed by atoms with Gasteiger partial charge in [-0.3, -0.25) is 4.79 Å². The standard InChI is InChI=1S/C21H27FO6/c1-18-8-11(10-23)15(24)7-12(18)3-4-14-13-5-6-20(28,17(26)27)19(13,2)9-16(25)21(14,18)22/h7,10,13-14,16,23,25,28H,3-6,8-9H2,1-2H3,(H,26,27)/b11-10-/t13-,14-,16-,18-,19-,20-,21-/m0/s1. The number of halogens is 1. The smallest absolute Gasteiger partial charge is 0.336 e. The van der Waals surface area contributed by atoms with Crippen molar-refractivity contribution in [1.29, 1.82) is 0 Å². The lowest BCUT2D eigenvalue weighted by atomic mass is 9.43. The number of fused-ring (bicyclic) bond motifs is 5. The Kier molecular flexibility index (Phi) is 3.96. The molecule has 4 aliphatic carbocycles. The molecule has 3 saturated carbocycles. The average Bonchev–Trinajstić information content (AvgIpc) is 2.89. The highest BCUT2D eigenvalue weighted by atomic mass is 19.1. The van der Waals surface area contributed by atoms with E-state index in [-0.39, 0.29) is 36.5 Å². The summed E-state index contributed by atoms with van der Waals surface area (Å²) in [6.45, 7) is 3.34.